The van der Waals surface area contributed by atoms with Gasteiger partial charge in [0, 0.05) is 17.9 Å². The Bertz CT molecular complexity index is 628. The lowest BCUT2D eigenvalue weighted by Crippen LogP contribution is -2.24. The lowest BCUT2D eigenvalue weighted by atomic mass is 9.93. The van der Waals surface area contributed by atoms with E-state index in [4.69, 9.17) is 11.6 Å². The molecule has 3 rings (SSSR count). The quantitative estimate of drug-likeness (QED) is 0.883. The van der Waals surface area contributed by atoms with Crippen LogP contribution >= 0.6 is 11.6 Å². The molecule has 1 aliphatic rings. The molecule has 0 aromatic carbocycles. The van der Waals surface area contributed by atoms with Crippen molar-refractivity contribution in [3.63, 3.8) is 0 Å². The topological polar surface area (TPSA) is 59.8 Å². The molecule has 6 heteroatoms. The molecule has 1 N–H and O–H groups in total. The van der Waals surface area contributed by atoms with Gasteiger partial charge in [-0.3, -0.25) is 10.1 Å². The number of nitrogens with zero attached hydrogens (tertiary/aromatic N) is 3. The van der Waals surface area contributed by atoms with Crippen LogP contribution in [-0.4, -0.2) is 20.4 Å². The Kier molecular flexibility index (Phi) is 3.44. The van der Waals surface area contributed by atoms with E-state index in [9.17, 15) is 4.79 Å². The van der Waals surface area contributed by atoms with Crippen LogP contribution < -0.4 is 5.32 Å². The summed E-state index contributed by atoms with van der Waals surface area (Å²) in [7, 11) is 0. The molecule has 0 bridgehead atoms. The lowest BCUT2D eigenvalue weighted by molar-refractivity contribution is 0.101. The highest BCUT2D eigenvalue weighted by atomic mass is 35.5. The summed E-state index contributed by atoms with van der Waals surface area (Å²) in [5.74, 6) is 0.0323. The maximum Gasteiger partial charge on any atom is 0.274 e. The van der Waals surface area contributed by atoms with E-state index in [1.807, 2.05) is 22.9 Å². The van der Waals surface area contributed by atoms with Gasteiger partial charge in [0.2, 0.25) is 5.95 Å². The van der Waals surface area contributed by atoms with Crippen LogP contribution in [0.2, 0.25) is 5.15 Å². The molecule has 2 heterocycles. The maximum absolute atomic E-state index is 12.3. The molecule has 0 radical (unpaired) electrons. The smallest absolute Gasteiger partial charge is 0.274 e. The lowest BCUT2D eigenvalue weighted by Gasteiger charge is -2.28. The van der Waals surface area contributed by atoms with E-state index in [1.165, 1.54) is 6.42 Å². The van der Waals surface area contributed by atoms with Crippen LogP contribution in [0.4, 0.5) is 5.95 Å². The van der Waals surface area contributed by atoms with Crippen LogP contribution in [0.1, 0.15) is 41.5 Å². The number of anilines is 1. The zero-order valence-corrected chi connectivity index (χ0v) is 11.9. The van der Waals surface area contributed by atoms with E-state index in [0.29, 0.717) is 16.9 Å². The Labute approximate surface area is 122 Å². The summed E-state index contributed by atoms with van der Waals surface area (Å²) >= 11 is 5.86. The van der Waals surface area contributed by atoms with Crippen molar-refractivity contribution in [3.8, 4) is 0 Å². The number of hydrogen-bond donors (Lipinski definition) is 1. The molecular formula is C14H15ClN4O. The van der Waals surface area contributed by atoms with E-state index < -0.39 is 0 Å². The third-order valence-electron chi connectivity index (χ3n) is 3.53. The van der Waals surface area contributed by atoms with Crippen molar-refractivity contribution in [2.75, 3.05) is 5.32 Å². The maximum atomic E-state index is 12.3. The fourth-order valence-corrected chi connectivity index (χ4v) is 2.56. The molecule has 2 aromatic rings. The van der Waals surface area contributed by atoms with Gasteiger partial charge in [-0.2, -0.15) is 0 Å². The first kappa shape index (κ1) is 13.1. The molecule has 0 aliphatic heterocycles. The Morgan fingerprint density at radius 1 is 1.45 bits per heavy atom. The number of rotatable bonds is 3. The zero-order chi connectivity index (χ0) is 14.1. The molecule has 0 saturated heterocycles. The van der Waals surface area contributed by atoms with Gasteiger partial charge in [-0.15, -0.1) is 0 Å². The molecular weight excluding hydrogens is 276 g/mol. The molecule has 20 heavy (non-hydrogen) atoms. The van der Waals surface area contributed by atoms with Gasteiger partial charge >= 0.3 is 0 Å². The number of nitrogens with one attached hydrogen (secondary N) is 1. The second-order valence-corrected chi connectivity index (χ2v) is 5.38. The number of carbonyl (C=O) groups excluding carboxylic acids is 1. The molecule has 1 fully saturated rings. The number of amides is 1. The van der Waals surface area contributed by atoms with Crippen LogP contribution in [0.5, 0.6) is 0 Å². The number of hydrogen-bond acceptors (Lipinski definition) is 3. The van der Waals surface area contributed by atoms with E-state index in [2.05, 4.69) is 15.3 Å². The average Bonchev–Trinajstić information content (AvgIpc) is 2.73. The first-order valence-electron chi connectivity index (χ1n) is 6.63. The van der Waals surface area contributed by atoms with Crippen molar-refractivity contribution in [3.05, 3.63) is 40.9 Å². The zero-order valence-electron chi connectivity index (χ0n) is 11.1. The molecule has 104 valence electrons. The van der Waals surface area contributed by atoms with E-state index in [-0.39, 0.29) is 11.9 Å². The van der Waals surface area contributed by atoms with Gasteiger partial charge in [-0.1, -0.05) is 11.6 Å². The van der Waals surface area contributed by atoms with Crippen LogP contribution in [0.25, 0.3) is 0 Å². The fraction of sp³-hybridized carbons (Fsp3) is 0.357. The summed E-state index contributed by atoms with van der Waals surface area (Å²) in [6.07, 6.45) is 5.42. The normalized spacial score (nSPS) is 14.9. The van der Waals surface area contributed by atoms with Gasteiger partial charge in [-0.25, -0.2) is 9.97 Å². The van der Waals surface area contributed by atoms with Crippen LogP contribution in [0, 0.1) is 6.92 Å². The predicted molar refractivity (Wildman–Crippen MR) is 77.1 cm³/mol. The number of carbonyl (C=O) groups is 1. The van der Waals surface area contributed by atoms with Gasteiger partial charge < -0.3 is 4.57 Å². The van der Waals surface area contributed by atoms with Gasteiger partial charge in [0.1, 0.15) is 10.8 Å². The molecule has 1 saturated carbocycles. The SMILES string of the molecule is Cc1cc(Cl)nc(NC(=O)c2cccn2C2CCC2)n1. The molecule has 1 aliphatic carbocycles. The number of aromatic nitrogens is 3. The van der Waals surface area contributed by atoms with E-state index in [1.54, 1.807) is 13.0 Å². The van der Waals surface area contributed by atoms with Crippen molar-refractivity contribution >= 4 is 23.5 Å². The van der Waals surface area contributed by atoms with Crippen LogP contribution in [0.3, 0.4) is 0 Å². The Hall–Kier alpha value is -1.88. The molecule has 2 aromatic heterocycles. The summed E-state index contributed by atoms with van der Waals surface area (Å²) in [6.45, 7) is 1.81. The molecule has 5 nitrogen and oxygen atoms in total. The Morgan fingerprint density at radius 2 is 2.25 bits per heavy atom. The van der Waals surface area contributed by atoms with Crippen molar-refractivity contribution in [2.45, 2.75) is 32.2 Å². The highest BCUT2D eigenvalue weighted by Crippen LogP contribution is 2.32. The summed E-state index contributed by atoms with van der Waals surface area (Å²) in [6, 6.07) is 5.78. The Balaban J connectivity index is 1.80. The second kappa shape index (κ2) is 5.25. The van der Waals surface area contributed by atoms with E-state index >= 15 is 0 Å². The third kappa shape index (κ3) is 2.54. The summed E-state index contributed by atoms with van der Waals surface area (Å²) in [4.78, 5) is 20.5. The minimum absolute atomic E-state index is 0.205. The number of aryl methyl sites for hydroxylation is 1. The van der Waals surface area contributed by atoms with Crippen molar-refractivity contribution in [1.29, 1.82) is 0 Å². The fourth-order valence-electron chi connectivity index (χ4n) is 2.32. The van der Waals surface area contributed by atoms with Gasteiger partial charge in [0.25, 0.3) is 5.91 Å². The monoisotopic (exact) mass is 290 g/mol. The minimum Gasteiger partial charge on any atom is -0.340 e. The van der Waals surface area contributed by atoms with Crippen LogP contribution in [0.15, 0.2) is 24.4 Å². The van der Waals surface area contributed by atoms with Gasteiger partial charge in [-0.05, 0) is 44.4 Å². The predicted octanol–water partition coefficient (Wildman–Crippen LogP) is 3.22. The summed E-state index contributed by atoms with van der Waals surface area (Å²) in [5, 5.41) is 3.02. The van der Waals surface area contributed by atoms with Crippen LogP contribution in [-0.2, 0) is 0 Å². The largest absolute Gasteiger partial charge is 0.340 e. The standard InChI is InChI=1S/C14H15ClN4O/c1-9-8-12(15)17-14(16-9)18-13(20)11-6-3-7-19(11)10-4-2-5-10/h3,6-8,10H,2,4-5H2,1H3,(H,16,17,18,20). The first-order chi connectivity index (χ1) is 9.63. The molecule has 0 atom stereocenters. The van der Waals surface area contributed by atoms with Crippen molar-refractivity contribution in [2.24, 2.45) is 0 Å². The molecule has 0 spiro atoms. The highest BCUT2D eigenvalue weighted by molar-refractivity contribution is 6.29. The average molecular weight is 291 g/mol. The van der Waals surface area contributed by atoms with Crippen molar-refractivity contribution < 1.29 is 4.79 Å². The Morgan fingerprint density at radius 3 is 2.90 bits per heavy atom. The van der Waals surface area contributed by atoms with E-state index in [0.717, 1.165) is 18.5 Å². The summed E-state index contributed by atoms with van der Waals surface area (Å²) in [5.41, 5.74) is 1.35. The van der Waals surface area contributed by atoms with Gasteiger partial charge in [0.05, 0.1) is 0 Å². The third-order valence-corrected chi connectivity index (χ3v) is 3.72. The number of halogens is 1. The van der Waals surface area contributed by atoms with Crippen molar-refractivity contribution in [1.82, 2.24) is 14.5 Å². The molecule has 0 unspecified atom stereocenters. The second-order valence-electron chi connectivity index (χ2n) is 5.00. The summed E-state index contributed by atoms with van der Waals surface area (Å²) < 4.78 is 2.02. The highest BCUT2D eigenvalue weighted by Gasteiger charge is 2.23. The first-order valence-corrected chi connectivity index (χ1v) is 7.00. The van der Waals surface area contributed by atoms with Gasteiger partial charge in [0.15, 0.2) is 0 Å². The minimum atomic E-state index is -0.205. The molecule has 1 amide bonds.